The molecule has 0 fully saturated rings. The van der Waals surface area contributed by atoms with E-state index in [1.165, 1.54) is 12.1 Å². The van der Waals surface area contributed by atoms with E-state index in [0.717, 1.165) is 16.8 Å². The fourth-order valence-corrected chi connectivity index (χ4v) is 2.94. The van der Waals surface area contributed by atoms with Crippen LogP contribution in [0.4, 0.5) is 5.69 Å². The van der Waals surface area contributed by atoms with Crippen LogP contribution in [0.25, 0.3) is 28.5 Å². The van der Waals surface area contributed by atoms with Crippen molar-refractivity contribution < 1.29 is 4.92 Å². The Labute approximate surface area is 159 Å². The van der Waals surface area contributed by atoms with Crippen LogP contribution in [-0.2, 0) is 0 Å². The lowest BCUT2D eigenvalue weighted by Crippen LogP contribution is -2.00. The maximum atomic E-state index is 10.9. The van der Waals surface area contributed by atoms with Crippen molar-refractivity contribution in [3.63, 3.8) is 0 Å². The van der Waals surface area contributed by atoms with Gasteiger partial charge in [0.25, 0.3) is 5.69 Å². The zero-order valence-corrected chi connectivity index (χ0v) is 14.7. The number of halogens is 1. The Kier molecular flexibility index (Phi) is 4.40. The SMILES string of the molecule is O=[N+]([O-])c1ccc(-c2nnc(-c3ccccc3)n2-c2ccc(Cl)cc2)cc1. The van der Waals surface area contributed by atoms with Gasteiger partial charge in [0.1, 0.15) is 0 Å². The molecule has 1 aromatic heterocycles. The molecule has 0 bridgehead atoms. The smallest absolute Gasteiger partial charge is 0.269 e. The molecule has 0 saturated heterocycles. The molecule has 7 heteroatoms. The minimum atomic E-state index is -0.427. The summed E-state index contributed by atoms with van der Waals surface area (Å²) in [5.41, 5.74) is 2.51. The first-order valence-corrected chi connectivity index (χ1v) is 8.53. The van der Waals surface area contributed by atoms with Crippen LogP contribution in [0.1, 0.15) is 0 Å². The molecule has 0 aliphatic rings. The van der Waals surface area contributed by atoms with Crippen LogP contribution in [0.3, 0.4) is 0 Å². The van der Waals surface area contributed by atoms with Gasteiger partial charge in [0.15, 0.2) is 11.6 Å². The summed E-state index contributed by atoms with van der Waals surface area (Å²) in [5, 5.41) is 20.3. The van der Waals surface area contributed by atoms with Gasteiger partial charge in [0, 0.05) is 34.0 Å². The van der Waals surface area contributed by atoms with E-state index in [0.29, 0.717) is 16.7 Å². The number of non-ortho nitro benzene ring substituents is 1. The summed E-state index contributed by atoms with van der Waals surface area (Å²) in [6.45, 7) is 0. The first-order valence-electron chi connectivity index (χ1n) is 8.15. The number of nitro benzene ring substituents is 1. The van der Waals surface area contributed by atoms with Gasteiger partial charge in [-0.05, 0) is 36.4 Å². The highest BCUT2D eigenvalue weighted by atomic mass is 35.5. The molecule has 1 heterocycles. The van der Waals surface area contributed by atoms with Crippen LogP contribution in [0.5, 0.6) is 0 Å². The molecule has 0 aliphatic heterocycles. The van der Waals surface area contributed by atoms with Crippen LogP contribution in [0.2, 0.25) is 5.02 Å². The number of hydrogen-bond donors (Lipinski definition) is 0. The summed E-state index contributed by atoms with van der Waals surface area (Å²) in [6.07, 6.45) is 0. The van der Waals surface area contributed by atoms with Crippen LogP contribution in [0, 0.1) is 10.1 Å². The van der Waals surface area contributed by atoms with E-state index in [2.05, 4.69) is 10.2 Å². The molecule has 0 spiro atoms. The van der Waals surface area contributed by atoms with Crippen LogP contribution in [-0.4, -0.2) is 19.7 Å². The third-order valence-corrected chi connectivity index (χ3v) is 4.37. The molecule has 4 rings (SSSR count). The van der Waals surface area contributed by atoms with Crippen molar-refractivity contribution in [3.8, 4) is 28.5 Å². The van der Waals surface area contributed by atoms with E-state index in [-0.39, 0.29) is 5.69 Å². The Morgan fingerprint density at radius 1 is 0.778 bits per heavy atom. The molecule has 0 N–H and O–H groups in total. The number of rotatable bonds is 4. The highest BCUT2D eigenvalue weighted by molar-refractivity contribution is 6.30. The standard InChI is InChI=1S/C20H13ClN4O2/c21-16-8-12-17(13-9-16)24-19(14-4-2-1-3-5-14)22-23-20(24)15-6-10-18(11-7-15)25(26)27/h1-13H. The quantitative estimate of drug-likeness (QED) is 0.364. The number of benzene rings is 3. The highest BCUT2D eigenvalue weighted by Gasteiger charge is 2.17. The molecule has 0 atom stereocenters. The zero-order chi connectivity index (χ0) is 18.8. The molecular weight excluding hydrogens is 364 g/mol. The van der Waals surface area contributed by atoms with E-state index in [4.69, 9.17) is 11.6 Å². The van der Waals surface area contributed by atoms with Crippen molar-refractivity contribution in [2.24, 2.45) is 0 Å². The minimum Gasteiger partial charge on any atom is -0.275 e. The van der Waals surface area contributed by atoms with Crippen molar-refractivity contribution in [3.05, 3.63) is 94.0 Å². The summed E-state index contributed by atoms with van der Waals surface area (Å²) in [5.74, 6) is 1.26. The van der Waals surface area contributed by atoms with E-state index < -0.39 is 4.92 Å². The summed E-state index contributed by atoms with van der Waals surface area (Å²) in [6, 6.07) is 23.3. The number of aromatic nitrogens is 3. The molecule has 4 aromatic rings. The van der Waals surface area contributed by atoms with Gasteiger partial charge in [0.05, 0.1) is 4.92 Å². The molecule has 0 saturated carbocycles. The second-order valence-corrected chi connectivity index (χ2v) is 6.27. The van der Waals surface area contributed by atoms with Crippen molar-refractivity contribution >= 4 is 17.3 Å². The van der Waals surface area contributed by atoms with Crippen molar-refractivity contribution in [1.29, 1.82) is 0 Å². The van der Waals surface area contributed by atoms with Crippen molar-refractivity contribution in [2.75, 3.05) is 0 Å². The first kappa shape index (κ1) is 16.9. The second-order valence-electron chi connectivity index (χ2n) is 5.83. The third kappa shape index (κ3) is 3.30. The normalized spacial score (nSPS) is 10.7. The van der Waals surface area contributed by atoms with Gasteiger partial charge in [0.2, 0.25) is 0 Å². The Bertz CT molecular complexity index is 1090. The topological polar surface area (TPSA) is 73.8 Å². The monoisotopic (exact) mass is 376 g/mol. The van der Waals surface area contributed by atoms with E-state index in [1.807, 2.05) is 47.0 Å². The maximum absolute atomic E-state index is 10.9. The second kappa shape index (κ2) is 7.01. The largest absolute Gasteiger partial charge is 0.275 e. The fourth-order valence-electron chi connectivity index (χ4n) is 2.81. The van der Waals surface area contributed by atoms with Crippen molar-refractivity contribution in [2.45, 2.75) is 0 Å². The number of nitro groups is 1. The van der Waals surface area contributed by atoms with Gasteiger partial charge in [-0.2, -0.15) is 0 Å². The Morgan fingerprint density at radius 2 is 1.33 bits per heavy atom. The minimum absolute atomic E-state index is 0.0274. The van der Waals surface area contributed by atoms with E-state index in [9.17, 15) is 10.1 Å². The number of hydrogen-bond acceptors (Lipinski definition) is 4. The Morgan fingerprint density at radius 3 is 1.89 bits per heavy atom. The molecule has 132 valence electrons. The molecule has 0 unspecified atom stereocenters. The summed E-state index contributed by atoms with van der Waals surface area (Å²) >= 11 is 6.03. The summed E-state index contributed by atoms with van der Waals surface area (Å²) in [4.78, 5) is 10.5. The number of nitrogens with zero attached hydrogens (tertiary/aromatic N) is 4. The Hall–Kier alpha value is -3.51. The predicted molar refractivity (Wildman–Crippen MR) is 104 cm³/mol. The van der Waals surface area contributed by atoms with Gasteiger partial charge in [-0.1, -0.05) is 41.9 Å². The molecule has 3 aromatic carbocycles. The lowest BCUT2D eigenvalue weighted by Gasteiger charge is -2.11. The zero-order valence-electron chi connectivity index (χ0n) is 14.0. The molecule has 27 heavy (non-hydrogen) atoms. The van der Waals surface area contributed by atoms with Gasteiger partial charge in [-0.25, -0.2) is 0 Å². The van der Waals surface area contributed by atoms with E-state index in [1.54, 1.807) is 24.3 Å². The van der Waals surface area contributed by atoms with Crippen LogP contribution < -0.4 is 0 Å². The van der Waals surface area contributed by atoms with Crippen LogP contribution in [0.15, 0.2) is 78.9 Å². The molecular formula is C20H13ClN4O2. The lowest BCUT2D eigenvalue weighted by molar-refractivity contribution is -0.384. The average molecular weight is 377 g/mol. The third-order valence-electron chi connectivity index (χ3n) is 4.12. The van der Waals surface area contributed by atoms with Gasteiger partial charge < -0.3 is 0 Å². The lowest BCUT2D eigenvalue weighted by atomic mass is 10.1. The molecule has 0 aliphatic carbocycles. The molecule has 0 amide bonds. The van der Waals surface area contributed by atoms with Gasteiger partial charge in [-0.3, -0.25) is 14.7 Å². The average Bonchev–Trinajstić information content (AvgIpc) is 3.14. The van der Waals surface area contributed by atoms with Gasteiger partial charge >= 0.3 is 0 Å². The maximum Gasteiger partial charge on any atom is 0.269 e. The molecule has 0 radical (unpaired) electrons. The van der Waals surface area contributed by atoms with Gasteiger partial charge in [-0.15, -0.1) is 10.2 Å². The predicted octanol–water partition coefficient (Wildman–Crippen LogP) is 5.16. The Balaban J connectivity index is 1.90. The summed E-state index contributed by atoms with van der Waals surface area (Å²) in [7, 11) is 0. The fraction of sp³-hybridized carbons (Fsp3) is 0. The van der Waals surface area contributed by atoms with Crippen molar-refractivity contribution in [1.82, 2.24) is 14.8 Å². The first-order chi connectivity index (χ1) is 13.1. The molecule has 6 nitrogen and oxygen atoms in total. The van der Waals surface area contributed by atoms with Crippen LogP contribution >= 0.6 is 11.6 Å². The highest BCUT2D eigenvalue weighted by Crippen LogP contribution is 2.29. The summed E-state index contributed by atoms with van der Waals surface area (Å²) < 4.78 is 1.91. The van der Waals surface area contributed by atoms with E-state index >= 15 is 0 Å².